The number of hydrogen-bond acceptors (Lipinski definition) is 5. The fourth-order valence-corrected chi connectivity index (χ4v) is 2.91. The summed E-state index contributed by atoms with van der Waals surface area (Å²) in [6.07, 6.45) is 0. The zero-order valence-electron chi connectivity index (χ0n) is 12.7. The van der Waals surface area contributed by atoms with Crippen LogP contribution >= 0.6 is 12.2 Å². The summed E-state index contributed by atoms with van der Waals surface area (Å²) in [7, 11) is 1.69. The van der Waals surface area contributed by atoms with Gasteiger partial charge in [0.2, 0.25) is 6.79 Å². The van der Waals surface area contributed by atoms with E-state index in [1.54, 1.807) is 7.11 Å². The Morgan fingerprint density at radius 3 is 2.77 bits per heavy atom. The van der Waals surface area contributed by atoms with E-state index in [9.17, 15) is 0 Å². The van der Waals surface area contributed by atoms with Crippen molar-refractivity contribution in [3.8, 4) is 11.5 Å². The molecule has 1 aromatic rings. The lowest BCUT2D eigenvalue weighted by Gasteiger charge is -2.37. The smallest absolute Gasteiger partial charge is 0.231 e. The van der Waals surface area contributed by atoms with Crippen LogP contribution < -0.4 is 19.7 Å². The largest absolute Gasteiger partial charge is 0.454 e. The first-order chi connectivity index (χ1) is 10.8. The van der Waals surface area contributed by atoms with Gasteiger partial charge in [0.15, 0.2) is 16.6 Å². The van der Waals surface area contributed by atoms with Gasteiger partial charge >= 0.3 is 0 Å². The maximum absolute atomic E-state index is 5.44. The van der Waals surface area contributed by atoms with Gasteiger partial charge in [0.1, 0.15) is 0 Å². The van der Waals surface area contributed by atoms with Crippen molar-refractivity contribution in [3.63, 3.8) is 0 Å². The zero-order chi connectivity index (χ0) is 15.4. The number of rotatable bonds is 4. The number of thiocarbonyl (C=S) groups is 1. The van der Waals surface area contributed by atoms with Crippen LogP contribution in [0.4, 0.5) is 5.69 Å². The van der Waals surface area contributed by atoms with Crippen LogP contribution in [0.5, 0.6) is 11.5 Å². The summed E-state index contributed by atoms with van der Waals surface area (Å²) in [6, 6.07) is 6.10. The molecule has 0 spiro atoms. The molecule has 2 heterocycles. The second kappa shape index (κ2) is 7.02. The number of piperazine rings is 1. The third-order valence-electron chi connectivity index (χ3n) is 3.87. The normalized spacial score (nSPS) is 16.8. The third-order valence-corrected chi connectivity index (χ3v) is 4.27. The molecule has 6 nitrogen and oxygen atoms in total. The van der Waals surface area contributed by atoms with Gasteiger partial charge in [-0.3, -0.25) is 0 Å². The molecule has 22 heavy (non-hydrogen) atoms. The summed E-state index contributed by atoms with van der Waals surface area (Å²) in [5.41, 5.74) is 1.17. The fraction of sp³-hybridized carbons (Fsp3) is 0.533. The maximum atomic E-state index is 5.44. The molecule has 0 bridgehead atoms. The van der Waals surface area contributed by atoms with Gasteiger partial charge in [-0.15, -0.1) is 0 Å². The number of fused-ring (bicyclic) bond motifs is 1. The van der Waals surface area contributed by atoms with Gasteiger partial charge in [-0.1, -0.05) is 0 Å². The molecular formula is C15H21N3O3S. The molecule has 2 aliphatic rings. The molecule has 0 amide bonds. The van der Waals surface area contributed by atoms with Gasteiger partial charge in [-0.05, 0) is 24.4 Å². The monoisotopic (exact) mass is 323 g/mol. The highest BCUT2D eigenvalue weighted by molar-refractivity contribution is 7.80. The molecule has 120 valence electrons. The van der Waals surface area contributed by atoms with E-state index in [4.69, 9.17) is 26.4 Å². The minimum absolute atomic E-state index is 0.313. The van der Waals surface area contributed by atoms with Gasteiger partial charge in [0.05, 0.1) is 6.61 Å². The minimum Gasteiger partial charge on any atom is -0.454 e. The van der Waals surface area contributed by atoms with Gasteiger partial charge in [0.25, 0.3) is 0 Å². The van der Waals surface area contributed by atoms with E-state index < -0.39 is 0 Å². The van der Waals surface area contributed by atoms with Gasteiger partial charge in [0, 0.05) is 51.6 Å². The van der Waals surface area contributed by atoms with Crippen molar-refractivity contribution in [1.82, 2.24) is 10.2 Å². The van der Waals surface area contributed by atoms with E-state index >= 15 is 0 Å². The van der Waals surface area contributed by atoms with Crippen LogP contribution in [0.3, 0.4) is 0 Å². The first-order valence-electron chi connectivity index (χ1n) is 7.44. The Balaban J connectivity index is 1.52. The summed E-state index contributed by atoms with van der Waals surface area (Å²) in [5, 5.41) is 4.03. The quantitative estimate of drug-likeness (QED) is 0.656. The Kier molecular flexibility index (Phi) is 4.84. The van der Waals surface area contributed by atoms with Crippen molar-refractivity contribution < 1.29 is 14.2 Å². The lowest BCUT2D eigenvalue weighted by molar-refractivity contribution is 0.174. The summed E-state index contributed by atoms with van der Waals surface area (Å²) in [5.74, 6) is 1.66. The van der Waals surface area contributed by atoms with Crippen LogP contribution in [0.2, 0.25) is 0 Å². The first-order valence-corrected chi connectivity index (χ1v) is 7.85. The molecule has 1 saturated heterocycles. The number of nitrogens with one attached hydrogen (secondary N) is 1. The highest BCUT2D eigenvalue weighted by Crippen LogP contribution is 2.35. The fourth-order valence-electron chi connectivity index (χ4n) is 2.62. The lowest BCUT2D eigenvalue weighted by Crippen LogP contribution is -2.52. The average Bonchev–Trinajstić information content (AvgIpc) is 3.02. The molecule has 0 atom stereocenters. The van der Waals surface area contributed by atoms with Crippen molar-refractivity contribution in [2.75, 3.05) is 58.1 Å². The van der Waals surface area contributed by atoms with E-state index in [1.165, 1.54) is 5.69 Å². The van der Waals surface area contributed by atoms with Crippen molar-refractivity contribution in [3.05, 3.63) is 18.2 Å². The van der Waals surface area contributed by atoms with Crippen molar-refractivity contribution >= 4 is 23.0 Å². The lowest BCUT2D eigenvalue weighted by atomic mass is 10.2. The highest BCUT2D eigenvalue weighted by atomic mass is 32.1. The second-order valence-corrected chi connectivity index (χ2v) is 5.62. The van der Waals surface area contributed by atoms with Crippen LogP contribution in [0.15, 0.2) is 18.2 Å². The van der Waals surface area contributed by atoms with E-state index in [0.717, 1.165) is 49.3 Å². The third kappa shape index (κ3) is 3.36. The first kappa shape index (κ1) is 15.2. The summed E-state index contributed by atoms with van der Waals surface area (Å²) >= 11 is 5.41. The van der Waals surface area contributed by atoms with Crippen LogP contribution in [0.1, 0.15) is 0 Å². The Morgan fingerprint density at radius 2 is 2.00 bits per heavy atom. The molecule has 3 rings (SSSR count). The van der Waals surface area contributed by atoms with Crippen molar-refractivity contribution in [1.29, 1.82) is 0 Å². The van der Waals surface area contributed by atoms with E-state index in [2.05, 4.69) is 21.2 Å². The van der Waals surface area contributed by atoms with Gasteiger partial charge in [-0.25, -0.2) is 0 Å². The van der Waals surface area contributed by atoms with E-state index in [-0.39, 0.29) is 0 Å². The Labute approximate surface area is 135 Å². The molecule has 0 aliphatic carbocycles. The van der Waals surface area contributed by atoms with Gasteiger partial charge in [-0.2, -0.15) is 0 Å². The van der Waals surface area contributed by atoms with Crippen LogP contribution in [0, 0.1) is 0 Å². The SMILES string of the molecule is COCCNC(=S)N1CCN(c2ccc3c(c2)OCO3)CC1. The van der Waals surface area contributed by atoms with Crippen molar-refractivity contribution in [2.45, 2.75) is 0 Å². The van der Waals surface area contributed by atoms with Crippen LogP contribution in [-0.2, 0) is 4.74 Å². The maximum Gasteiger partial charge on any atom is 0.231 e. The zero-order valence-corrected chi connectivity index (χ0v) is 13.5. The number of benzene rings is 1. The Hall–Kier alpha value is -1.73. The number of ether oxygens (including phenoxy) is 3. The molecule has 1 aromatic carbocycles. The van der Waals surface area contributed by atoms with E-state index in [0.29, 0.717) is 13.4 Å². The second-order valence-electron chi connectivity index (χ2n) is 5.24. The summed E-state index contributed by atoms with van der Waals surface area (Å²) in [4.78, 5) is 4.55. The standard InChI is InChI=1S/C15H21N3O3S/c1-19-9-4-16-15(22)18-7-5-17(6-8-18)12-2-3-13-14(10-12)21-11-20-13/h2-3,10H,4-9,11H2,1H3,(H,16,22). The molecule has 7 heteroatoms. The number of nitrogens with zero attached hydrogens (tertiary/aromatic N) is 2. The van der Waals surface area contributed by atoms with E-state index in [1.807, 2.05) is 12.1 Å². The molecule has 1 fully saturated rings. The number of anilines is 1. The topological polar surface area (TPSA) is 46.2 Å². The molecule has 1 N–H and O–H groups in total. The average molecular weight is 323 g/mol. The molecule has 0 radical (unpaired) electrons. The van der Waals surface area contributed by atoms with Crippen LogP contribution in [-0.4, -0.2) is 63.2 Å². The van der Waals surface area contributed by atoms with Crippen LogP contribution in [0.25, 0.3) is 0 Å². The summed E-state index contributed by atoms with van der Waals surface area (Å²) < 4.78 is 15.8. The number of hydrogen-bond donors (Lipinski definition) is 1. The predicted octanol–water partition coefficient (Wildman–Crippen LogP) is 1.06. The molecule has 0 aromatic heterocycles. The minimum atomic E-state index is 0.313. The molecule has 0 unspecified atom stereocenters. The van der Waals surface area contributed by atoms with Gasteiger partial charge < -0.3 is 29.3 Å². The molecule has 2 aliphatic heterocycles. The Morgan fingerprint density at radius 1 is 1.23 bits per heavy atom. The summed E-state index contributed by atoms with van der Waals surface area (Å²) in [6.45, 7) is 5.42. The highest BCUT2D eigenvalue weighted by Gasteiger charge is 2.21. The molecule has 0 saturated carbocycles. The Bertz CT molecular complexity index is 533. The predicted molar refractivity (Wildman–Crippen MR) is 88.8 cm³/mol. The molecular weight excluding hydrogens is 302 g/mol. The number of methoxy groups -OCH3 is 1. The van der Waals surface area contributed by atoms with Crippen molar-refractivity contribution in [2.24, 2.45) is 0 Å².